The lowest BCUT2D eigenvalue weighted by atomic mass is 9.54. The molecular formula is C26H30N4O5. The number of ether oxygens (including phenoxy) is 2. The van der Waals surface area contributed by atoms with Crippen LogP contribution < -0.4 is 0 Å². The highest BCUT2D eigenvalue weighted by Gasteiger charge is 2.75. The Morgan fingerprint density at radius 3 is 1.77 bits per heavy atom. The van der Waals surface area contributed by atoms with Crippen molar-refractivity contribution in [2.24, 2.45) is 16.7 Å². The molecule has 3 fully saturated rings. The highest BCUT2D eigenvalue weighted by Crippen LogP contribution is 2.60. The molecule has 3 aliphatic rings. The number of hydrogen-bond donors (Lipinski definition) is 0. The van der Waals surface area contributed by atoms with E-state index >= 15 is 0 Å². The fourth-order valence-corrected chi connectivity index (χ4v) is 6.26. The molecule has 9 nitrogen and oxygen atoms in total. The van der Waals surface area contributed by atoms with Gasteiger partial charge in [-0.3, -0.25) is 34.2 Å². The molecule has 184 valence electrons. The number of likely N-dealkylation sites (tertiary alicyclic amines) is 2. The van der Waals surface area contributed by atoms with Gasteiger partial charge in [-0.25, -0.2) is 0 Å². The van der Waals surface area contributed by atoms with E-state index in [0.29, 0.717) is 23.9 Å². The molecule has 4 heterocycles. The lowest BCUT2D eigenvalue weighted by Crippen LogP contribution is -2.75. The SMILES string of the molecule is COC(=O)C12CN(CC3CC3)CC(C(=O)OC)(C1=O)C(c1ccccn1)N(C)C2c1ccccn1. The topological polar surface area (TPSA) is 102 Å². The van der Waals surface area contributed by atoms with Crippen LogP contribution in [0.15, 0.2) is 48.8 Å². The van der Waals surface area contributed by atoms with Crippen LogP contribution in [0.5, 0.6) is 0 Å². The van der Waals surface area contributed by atoms with Crippen molar-refractivity contribution >= 4 is 17.7 Å². The van der Waals surface area contributed by atoms with E-state index in [0.717, 1.165) is 12.8 Å². The average Bonchev–Trinajstić information content (AvgIpc) is 3.70. The molecular weight excluding hydrogens is 448 g/mol. The lowest BCUT2D eigenvalue weighted by molar-refractivity contribution is -0.204. The predicted octanol–water partition coefficient (Wildman–Crippen LogP) is 1.82. The minimum atomic E-state index is -1.66. The van der Waals surface area contributed by atoms with Gasteiger partial charge in [0.05, 0.1) is 37.7 Å². The number of fused-ring (bicyclic) bond motifs is 2. The summed E-state index contributed by atoms with van der Waals surface area (Å²) in [4.78, 5) is 55.2. The second-order valence-corrected chi connectivity index (χ2v) is 9.85. The van der Waals surface area contributed by atoms with Crippen molar-refractivity contribution in [2.45, 2.75) is 24.9 Å². The molecule has 0 N–H and O–H groups in total. The quantitative estimate of drug-likeness (QED) is 0.454. The number of carbonyl (C=O) groups is 3. The Balaban J connectivity index is 1.80. The number of Topliss-reactive ketones (excluding diaryl/α,β-unsaturated/α-hetero) is 1. The number of nitrogens with zero attached hydrogens (tertiary/aromatic N) is 4. The number of ketones is 1. The maximum atomic E-state index is 14.7. The predicted molar refractivity (Wildman–Crippen MR) is 125 cm³/mol. The van der Waals surface area contributed by atoms with Crippen LogP contribution in [0.1, 0.15) is 36.3 Å². The molecule has 9 heteroatoms. The summed E-state index contributed by atoms with van der Waals surface area (Å²) in [5.74, 6) is -1.34. The van der Waals surface area contributed by atoms with Gasteiger partial charge in [-0.2, -0.15) is 0 Å². The molecule has 2 aliphatic heterocycles. The van der Waals surface area contributed by atoms with Gasteiger partial charge < -0.3 is 9.47 Å². The van der Waals surface area contributed by atoms with E-state index in [1.807, 2.05) is 24.1 Å². The highest BCUT2D eigenvalue weighted by atomic mass is 16.5. The Labute approximate surface area is 204 Å². The molecule has 0 aromatic carbocycles. The first-order valence-corrected chi connectivity index (χ1v) is 11.9. The third-order valence-electron chi connectivity index (χ3n) is 7.75. The van der Waals surface area contributed by atoms with Crippen molar-refractivity contribution in [3.63, 3.8) is 0 Å². The van der Waals surface area contributed by atoms with Gasteiger partial charge >= 0.3 is 11.9 Å². The van der Waals surface area contributed by atoms with E-state index in [1.54, 1.807) is 36.7 Å². The molecule has 4 unspecified atom stereocenters. The summed E-state index contributed by atoms with van der Waals surface area (Å²) >= 11 is 0. The van der Waals surface area contributed by atoms with Crippen molar-refractivity contribution in [3.05, 3.63) is 60.2 Å². The van der Waals surface area contributed by atoms with Crippen LogP contribution in [0.25, 0.3) is 0 Å². The minimum Gasteiger partial charge on any atom is -0.468 e. The van der Waals surface area contributed by atoms with E-state index in [4.69, 9.17) is 9.47 Å². The van der Waals surface area contributed by atoms with Crippen LogP contribution in [-0.4, -0.2) is 78.4 Å². The molecule has 35 heavy (non-hydrogen) atoms. The van der Waals surface area contributed by atoms with Gasteiger partial charge in [-0.05, 0) is 50.1 Å². The van der Waals surface area contributed by atoms with E-state index in [-0.39, 0.29) is 13.1 Å². The fourth-order valence-electron chi connectivity index (χ4n) is 6.26. The van der Waals surface area contributed by atoms with Crippen LogP contribution in [0.2, 0.25) is 0 Å². The molecule has 0 amide bonds. The van der Waals surface area contributed by atoms with E-state index in [9.17, 15) is 14.4 Å². The number of methoxy groups -OCH3 is 2. The number of pyridine rings is 2. The Kier molecular flexibility index (Phi) is 5.93. The van der Waals surface area contributed by atoms with Crippen molar-refractivity contribution in [2.75, 3.05) is 40.9 Å². The first-order chi connectivity index (χ1) is 16.9. The molecule has 2 saturated heterocycles. The number of esters is 2. The van der Waals surface area contributed by atoms with Crippen LogP contribution in [0.4, 0.5) is 0 Å². The van der Waals surface area contributed by atoms with Gasteiger partial charge in [0.25, 0.3) is 0 Å². The largest absolute Gasteiger partial charge is 0.468 e. The number of rotatable bonds is 6. The van der Waals surface area contributed by atoms with Crippen molar-refractivity contribution in [3.8, 4) is 0 Å². The van der Waals surface area contributed by atoms with Gasteiger partial charge in [0.2, 0.25) is 0 Å². The zero-order chi connectivity index (χ0) is 24.8. The number of piperidine rings is 2. The van der Waals surface area contributed by atoms with Crippen molar-refractivity contribution in [1.29, 1.82) is 0 Å². The molecule has 5 rings (SSSR count). The maximum Gasteiger partial charge on any atom is 0.322 e. The smallest absolute Gasteiger partial charge is 0.322 e. The van der Waals surface area contributed by atoms with Crippen LogP contribution in [0.3, 0.4) is 0 Å². The first-order valence-electron chi connectivity index (χ1n) is 11.9. The summed E-state index contributed by atoms with van der Waals surface area (Å²) in [6.45, 7) is 0.987. The minimum absolute atomic E-state index is 0.147. The van der Waals surface area contributed by atoms with Gasteiger partial charge in [-0.15, -0.1) is 0 Å². The number of carbonyl (C=O) groups excluding carboxylic acids is 3. The number of aromatic nitrogens is 2. The second kappa shape index (κ2) is 8.80. The van der Waals surface area contributed by atoms with E-state index < -0.39 is 40.6 Å². The van der Waals surface area contributed by atoms with Crippen LogP contribution in [-0.2, 0) is 23.9 Å². The fraction of sp³-hybridized carbons (Fsp3) is 0.500. The summed E-state index contributed by atoms with van der Waals surface area (Å²) in [6, 6.07) is 9.30. The molecule has 2 aromatic heterocycles. The van der Waals surface area contributed by atoms with Gasteiger partial charge in [-0.1, -0.05) is 12.1 Å². The third-order valence-corrected chi connectivity index (χ3v) is 7.75. The summed E-state index contributed by atoms with van der Waals surface area (Å²) in [5.41, 5.74) is -2.21. The average molecular weight is 479 g/mol. The zero-order valence-corrected chi connectivity index (χ0v) is 20.2. The molecule has 2 aromatic rings. The van der Waals surface area contributed by atoms with Gasteiger partial charge in [0, 0.05) is 32.0 Å². The Hall–Kier alpha value is -3.17. The maximum absolute atomic E-state index is 14.7. The zero-order valence-electron chi connectivity index (χ0n) is 20.2. The van der Waals surface area contributed by atoms with E-state index in [2.05, 4.69) is 14.9 Å². The molecule has 1 saturated carbocycles. The Morgan fingerprint density at radius 2 is 1.40 bits per heavy atom. The Morgan fingerprint density at radius 1 is 0.914 bits per heavy atom. The van der Waals surface area contributed by atoms with Crippen molar-refractivity contribution < 1.29 is 23.9 Å². The van der Waals surface area contributed by atoms with Crippen LogP contribution in [0, 0.1) is 16.7 Å². The summed E-state index contributed by atoms with van der Waals surface area (Å²) in [6.07, 6.45) is 5.46. The van der Waals surface area contributed by atoms with Gasteiger partial charge in [0.15, 0.2) is 16.6 Å². The summed E-state index contributed by atoms with van der Waals surface area (Å²) < 4.78 is 10.6. The summed E-state index contributed by atoms with van der Waals surface area (Å²) in [7, 11) is 4.38. The van der Waals surface area contributed by atoms with E-state index in [1.165, 1.54) is 14.2 Å². The molecule has 2 bridgehead atoms. The van der Waals surface area contributed by atoms with Crippen LogP contribution >= 0.6 is 0 Å². The molecule has 0 radical (unpaired) electrons. The Bertz CT molecular complexity index is 1050. The second-order valence-electron chi connectivity index (χ2n) is 9.85. The van der Waals surface area contributed by atoms with Gasteiger partial charge in [0.1, 0.15) is 0 Å². The summed E-state index contributed by atoms with van der Waals surface area (Å²) in [5, 5.41) is 0. The standard InChI is InChI=1S/C26H30N4O5/c1-29-20(18-8-4-6-12-27-18)25(23(32)34-2)15-30(14-17-10-11-17)16-26(22(25)31,24(33)35-3)21(29)19-9-5-7-13-28-19/h4-9,12-13,17,20-21H,10-11,14-16H2,1-3H3. The lowest BCUT2D eigenvalue weighted by Gasteiger charge is -2.60. The molecule has 4 atom stereocenters. The van der Waals surface area contributed by atoms with Crippen molar-refractivity contribution in [1.82, 2.24) is 19.8 Å². The molecule has 0 spiro atoms. The number of hydrogen-bond acceptors (Lipinski definition) is 9. The highest BCUT2D eigenvalue weighted by molar-refractivity contribution is 6.17. The first kappa shape index (κ1) is 23.6. The normalized spacial score (nSPS) is 31.1. The monoisotopic (exact) mass is 478 g/mol. The molecule has 1 aliphatic carbocycles. The third kappa shape index (κ3) is 3.48.